The zero-order valence-electron chi connectivity index (χ0n) is 15.5. The van der Waals surface area contributed by atoms with Crippen molar-refractivity contribution in [2.24, 2.45) is 0 Å². The number of ether oxygens (including phenoxy) is 1. The van der Waals surface area contributed by atoms with E-state index in [0.29, 0.717) is 32.8 Å². The van der Waals surface area contributed by atoms with E-state index in [1.54, 1.807) is 28.9 Å². The smallest absolute Gasteiger partial charge is 0.409 e. The Labute approximate surface area is 161 Å². The van der Waals surface area contributed by atoms with Crippen LogP contribution in [0.3, 0.4) is 0 Å². The van der Waals surface area contributed by atoms with Gasteiger partial charge < -0.3 is 14.5 Å². The molecular weight excluding hydrogens is 367 g/mol. The summed E-state index contributed by atoms with van der Waals surface area (Å²) in [5.74, 6) is -0.714. The van der Waals surface area contributed by atoms with E-state index in [1.165, 1.54) is 29.1 Å². The third-order valence-corrected chi connectivity index (χ3v) is 4.49. The highest BCUT2D eigenvalue weighted by atomic mass is 19.1. The van der Waals surface area contributed by atoms with Crippen molar-refractivity contribution >= 4 is 12.0 Å². The summed E-state index contributed by atoms with van der Waals surface area (Å²) >= 11 is 0. The summed E-state index contributed by atoms with van der Waals surface area (Å²) < 4.78 is 20.0. The van der Waals surface area contributed by atoms with Gasteiger partial charge in [0.05, 0.1) is 18.6 Å². The van der Waals surface area contributed by atoms with E-state index < -0.39 is 17.5 Å². The summed E-state index contributed by atoms with van der Waals surface area (Å²) in [5, 5.41) is 0. The van der Waals surface area contributed by atoms with Crippen molar-refractivity contribution in [3.63, 3.8) is 0 Å². The topological polar surface area (TPSA) is 84.7 Å². The molecule has 0 radical (unpaired) electrons. The number of halogens is 1. The van der Waals surface area contributed by atoms with Crippen LogP contribution in [-0.4, -0.2) is 64.1 Å². The van der Waals surface area contributed by atoms with Gasteiger partial charge in [0, 0.05) is 37.8 Å². The SMILES string of the molecule is CCOC(=O)N1CCN(C(=O)Cn2cnc(-c3ccccc3F)cc2=O)CC1. The molecule has 0 atom stereocenters. The lowest BCUT2D eigenvalue weighted by atomic mass is 10.1. The van der Waals surface area contributed by atoms with Crippen molar-refractivity contribution in [2.75, 3.05) is 32.8 Å². The Bertz CT molecular complexity index is 922. The number of benzene rings is 1. The van der Waals surface area contributed by atoms with Gasteiger partial charge in [0.1, 0.15) is 12.4 Å². The van der Waals surface area contributed by atoms with Gasteiger partial charge in [-0.25, -0.2) is 14.2 Å². The van der Waals surface area contributed by atoms with Gasteiger partial charge in [-0.2, -0.15) is 0 Å². The Hall–Kier alpha value is -3.23. The molecule has 0 saturated carbocycles. The minimum absolute atomic E-state index is 0.164. The molecular formula is C19H21FN4O4. The molecule has 28 heavy (non-hydrogen) atoms. The van der Waals surface area contributed by atoms with Crippen LogP contribution in [0.4, 0.5) is 9.18 Å². The number of hydrogen-bond donors (Lipinski definition) is 0. The van der Waals surface area contributed by atoms with Crippen molar-refractivity contribution in [3.8, 4) is 11.3 Å². The number of hydrogen-bond acceptors (Lipinski definition) is 5. The molecule has 0 unspecified atom stereocenters. The van der Waals surface area contributed by atoms with E-state index >= 15 is 0 Å². The molecule has 148 valence electrons. The number of carbonyl (C=O) groups is 2. The third kappa shape index (κ3) is 4.36. The second-order valence-electron chi connectivity index (χ2n) is 6.29. The fourth-order valence-electron chi connectivity index (χ4n) is 2.96. The van der Waals surface area contributed by atoms with Gasteiger partial charge in [0.15, 0.2) is 0 Å². The Morgan fingerprint density at radius 3 is 2.46 bits per heavy atom. The van der Waals surface area contributed by atoms with Gasteiger partial charge >= 0.3 is 6.09 Å². The van der Waals surface area contributed by atoms with Crippen LogP contribution in [0.5, 0.6) is 0 Å². The zero-order chi connectivity index (χ0) is 20.1. The zero-order valence-corrected chi connectivity index (χ0v) is 15.5. The Balaban J connectivity index is 1.63. The fraction of sp³-hybridized carbons (Fsp3) is 0.368. The Morgan fingerprint density at radius 1 is 1.14 bits per heavy atom. The molecule has 2 amide bonds. The van der Waals surface area contributed by atoms with Crippen LogP contribution in [-0.2, 0) is 16.1 Å². The minimum atomic E-state index is -0.470. The lowest BCUT2D eigenvalue weighted by Crippen LogP contribution is -2.51. The van der Waals surface area contributed by atoms with Crippen molar-refractivity contribution in [3.05, 3.63) is 52.8 Å². The molecule has 1 aliphatic rings. The Kier molecular flexibility index (Phi) is 6.03. The molecule has 2 heterocycles. The van der Waals surface area contributed by atoms with E-state index in [1.807, 2.05) is 0 Å². The quantitative estimate of drug-likeness (QED) is 0.789. The lowest BCUT2D eigenvalue weighted by molar-refractivity contribution is -0.133. The number of rotatable bonds is 4. The first kappa shape index (κ1) is 19.5. The van der Waals surface area contributed by atoms with Crippen molar-refractivity contribution in [2.45, 2.75) is 13.5 Å². The van der Waals surface area contributed by atoms with Gasteiger partial charge in [-0.1, -0.05) is 12.1 Å². The minimum Gasteiger partial charge on any atom is -0.450 e. The first-order valence-corrected chi connectivity index (χ1v) is 9.00. The van der Waals surface area contributed by atoms with Gasteiger partial charge in [-0.3, -0.25) is 14.2 Å². The van der Waals surface area contributed by atoms with Crippen LogP contribution in [0.2, 0.25) is 0 Å². The second-order valence-corrected chi connectivity index (χ2v) is 6.29. The maximum Gasteiger partial charge on any atom is 0.409 e. The predicted molar refractivity (Wildman–Crippen MR) is 99.1 cm³/mol. The molecule has 1 aromatic heterocycles. The summed E-state index contributed by atoms with van der Waals surface area (Å²) in [5.41, 5.74) is 0.00905. The number of carbonyl (C=O) groups excluding carboxylic acids is 2. The third-order valence-electron chi connectivity index (χ3n) is 4.49. The number of nitrogens with zero attached hydrogens (tertiary/aromatic N) is 4. The molecule has 1 aromatic carbocycles. The molecule has 0 bridgehead atoms. The van der Waals surface area contributed by atoms with Crippen molar-refractivity contribution in [1.82, 2.24) is 19.4 Å². The molecule has 1 saturated heterocycles. The summed E-state index contributed by atoms with van der Waals surface area (Å²) in [7, 11) is 0. The maximum absolute atomic E-state index is 13.9. The highest BCUT2D eigenvalue weighted by molar-refractivity contribution is 5.76. The van der Waals surface area contributed by atoms with Crippen LogP contribution in [0.15, 0.2) is 41.5 Å². The normalized spacial score (nSPS) is 14.1. The second kappa shape index (κ2) is 8.64. The summed E-state index contributed by atoms with van der Waals surface area (Å²) in [6, 6.07) is 7.26. The van der Waals surface area contributed by atoms with E-state index in [-0.39, 0.29) is 23.7 Å². The molecule has 0 aliphatic carbocycles. The van der Waals surface area contributed by atoms with Gasteiger partial charge in [-0.15, -0.1) is 0 Å². The van der Waals surface area contributed by atoms with Crippen LogP contribution in [0.25, 0.3) is 11.3 Å². The van der Waals surface area contributed by atoms with Crippen molar-refractivity contribution in [1.29, 1.82) is 0 Å². The van der Waals surface area contributed by atoms with E-state index in [0.717, 1.165) is 0 Å². The fourth-order valence-corrected chi connectivity index (χ4v) is 2.96. The number of amides is 2. The molecule has 1 fully saturated rings. The average Bonchev–Trinajstić information content (AvgIpc) is 2.70. The molecule has 9 heteroatoms. The molecule has 2 aromatic rings. The molecule has 3 rings (SSSR count). The standard InChI is InChI=1S/C19H21FN4O4/c1-2-28-19(27)23-9-7-22(8-10-23)18(26)12-24-13-21-16(11-17(24)25)14-5-3-4-6-15(14)20/h3-6,11,13H,2,7-10,12H2,1H3. The van der Waals surface area contributed by atoms with Crippen LogP contribution >= 0.6 is 0 Å². The monoisotopic (exact) mass is 388 g/mol. The molecule has 0 spiro atoms. The summed E-state index contributed by atoms with van der Waals surface area (Å²) in [6.45, 7) is 3.37. The molecule has 0 N–H and O–H groups in total. The van der Waals surface area contributed by atoms with Gasteiger partial charge in [0.2, 0.25) is 5.91 Å². The summed E-state index contributed by atoms with van der Waals surface area (Å²) in [4.78, 5) is 43.7. The van der Waals surface area contributed by atoms with E-state index in [4.69, 9.17) is 4.74 Å². The number of piperazine rings is 1. The highest BCUT2D eigenvalue weighted by Crippen LogP contribution is 2.18. The first-order valence-electron chi connectivity index (χ1n) is 9.00. The molecule has 1 aliphatic heterocycles. The van der Waals surface area contributed by atoms with Crippen LogP contribution in [0, 0.1) is 5.82 Å². The van der Waals surface area contributed by atoms with Crippen LogP contribution in [0.1, 0.15) is 6.92 Å². The van der Waals surface area contributed by atoms with Crippen molar-refractivity contribution < 1.29 is 18.7 Å². The van der Waals surface area contributed by atoms with E-state index in [2.05, 4.69) is 4.98 Å². The highest BCUT2D eigenvalue weighted by Gasteiger charge is 2.25. The largest absolute Gasteiger partial charge is 0.450 e. The van der Waals surface area contributed by atoms with Gasteiger partial charge in [0.25, 0.3) is 5.56 Å². The average molecular weight is 388 g/mol. The lowest BCUT2D eigenvalue weighted by Gasteiger charge is -2.34. The first-order chi connectivity index (χ1) is 13.5. The predicted octanol–water partition coefficient (Wildman–Crippen LogP) is 1.35. The van der Waals surface area contributed by atoms with E-state index in [9.17, 15) is 18.8 Å². The Morgan fingerprint density at radius 2 is 1.82 bits per heavy atom. The maximum atomic E-state index is 13.9. The van der Waals surface area contributed by atoms with Gasteiger partial charge in [-0.05, 0) is 19.1 Å². The summed E-state index contributed by atoms with van der Waals surface area (Å²) in [6.07, 6.45) is 0.857. The van der Waals surface area contributed by atoms with Crippen LogP contribution < -0.4 is 5.56 Å². The number of aromatic nitrogens is 2. The molecule has 8 nitrogen and oxygen atoms in total.